The zero-order valence-electron chi connectivity index (χ0n) is 11.1. The second-order valence-corrected chi connectivity index (χ2v) is 4.42. The van der Waals surface area contributed by atoms with Crippen LogP contribution < -0.4 is 5.32 Å². The van der Waals surface area contributed by atoms with Crippen molar-refractivity contribution in [3.05, 3.63) is 0 Å². The molecule has 1 atom stereocenters. The van der Waals surface area contributed by atoms with Crippen molar-refractivity contribution in [3.8, 4) is 0 Å². The van der Waals surface area contributed by atoms with Crippen LogP contribution in [-0.2, 0) is 19.1 Å². The number of carbonyl (C=O) groups is 3. The van der Waals surface area contributed by atoms with E-state index >= 15 is 0 Å². The van der Waals surface area contributed by atoms with E-state index in [9.17, 15) is 14.4 Å². The van der Waals surface area contributed by atoms with Crippen molar-refractivity contribution >= 4 is 17.7 Å². The van der Waals surface area contributed by atoms with Crippen molar-refractivity contribution in [1.82, 2.24) is 10.2 Å². The minimum absolute atomic E-state index is 0.0442. The molecule has 0 aromatic heterocycles. The molecule has 7 heteroatoms. The van der Waals surface area contributed by atoms with Gasteiger partial charge in [-0.25, -0.2) is 0 Å². The number of methoxy groups -OCH3 is 1. The van der Waals surface area contributed by atoms with Crippen molar-refractivity contribution in [3.63, 3.8) is 0 Å². The summed E-state index contributed by atoms with van der Waals surface area (Å²) in [6, 6.07) is -0.257. The van der Waals surface area contributed by atoms with Gasteiger partial charge in [-0.05, 0) is 6.42 Å². The molecule has 1 heterocycles. The Bertz CT molecular complexity index is 323. The molecule has 0 aromatic rings. The predicted molar refractivity (Wildman–Crippen MR) is 66.1 cm³/mol. The summed E-state index contributed by atoms with van der Waals surface area (Å²) in [5.41, 5.74) is 0. The van der Waals surface area contributed by atoms with E-state index in [4.69, 9.17) is 9.84 Å². The lowest BCUT2D eigenvalue weighted by molar-refractivity contribution is -0.138. The molecule has 0 aromatic carbocycles. The summed E-state index contributed by atoms with van der Waals surface area (Å²) in [6.45, 7) is 0.383. The number of ether oxygens (including phenoxy) is 1. The van der Waals surface area contributed by atoms with Crippen molar-refractivity contribution in [2.45, 2.75) is 31.7 Å². The van der Waals surface area contributed by atoms with E-state index in [2.05, 4.69) is 5.32 Å². The van der Waals surface area contributed by atoms with E-state index in [0.29, 0.717) is 13.0 Å². The van der Waals surface area contributed by atoms with Crippen LogP contribution in [0.3, 0.4) is 0 Å². The molecule has 3 amide bonds. The van der Waals surface area contributed by atoms with Crippen LogP contribution in [-0.4, -0.2) is 60.6 Å². The zero-order valence-corrected chi connectivity index (χ0v) is 11.1. The summed E-state index contributed by atoms with van der Waals surface area (Å²) in [4.78, 5) is 35.5. The molecule has 0 spiro atoms. The van der Waals surface area contributed by atoms with E-state index in [1.807, 2.05) is 0 Å². The van der Waals surface area contributed by atoms with Crippen LogP contribution in [0.1, 0.15) is 25.7 Å². The summed E-state index contributed by atoms with van der Waals surface area (Å²) in [5.74, 6) is -0.703. The SMILES string of the molecule is COCC(CCO)NC(=O)CCN1C(=O)CCC1=O. The standard InChI is InChI=1S/C12H20N2O5/c1-19-8-9(5-7-15)13-10(16)4-6-14-11(17)2-3-12(14)18/h9,15H,2-8H2,1H3,(H,13,16). The van der Waals surface area contributed by atoms with Crippen LogP contribution >= 0.6 is 0 Å². The Labute approximate surface area is 111 Å². The van der Waals surface area contributed by atoms with Crippen LogP contribution in [0.2, 0.25) is 0 Å². The maximum atomic E-state index is 11.7. The highest BCUT2D eigenvalue weighted by atomic mass is 16.5. The normalized spacial score (nSPS) is 16.8. The van der Waals surface area contributed by atoms with Crippen LogP contribution in [0.4, 0.5) is 0 Å². The van der Waals surface area contributed by atoms with Crippen molar-refractivity contribution < 1.29 is 24.2 Å². The third-order valence-corrected chi connectivity index (χ3v) is 2.93. The Hall–Kier alpha value is -1.47. The molecule has 2 N–H and O–H groups in total. The maximum absolute atomic E-state index is 11.7. The lowest BCUT2D eigenvalue weighted by Gasteiger charge is -2.18. The number of rotatable bonds is 8. The van der Waals surface area contributed by atoms with E-state index in [-0.39, 0.29) is 56.2 Å². The lowest BCUT2D eigenvalue weighted by atomic mass is 10.2. The molecule has 1 unspecified atom stereocenters. The molecule has 1 aliphatic heterocycles. The van der Waals surface area contributed by atoms with E-state index in [0.717, 1.165) is 4.90 Å². The van der Waals surface area contributed by atoms with Crippen LogP contribution in [0.5, 0.6) is 0 Å². The number of aliphatic hydroxyl groups excluding tert-OH is 1. The van der Waals surface area contributed by atoms with Gasteiger partial charge in [0.25, 0.3) is 0 Å². The molecular weight excluding hydrogens is 252 g/mol. The molecule has 1 saturated heterocycles. The average Bonchev–Trinajstić information content (AvgIpc) is 2.67. The van der Waals surface area contributed by atoms with Crippen LogP contribution in [0.15, 0.2) is 0 Å². The number of hydrogen-bond acceptors (Lipinski definition) is 5. The first-order valence-electron chi connectivity index (χ1n) is 6.30. The summed E-state index contributed by atoms with van der Waals surface area (Å²) < 4.78 is 4.92. The van der Waals surface area contributed by atoms with Crippen molar-refractivity contribution in [1.29, 1.82) is 0 Å². The van der Waals surface area contributed by atoms with Gasteiger partial charge < -0.3 is 15.2 Å². The molecule has 1 aliphatic rings. The minimum atomic E-state index is -0.261. The molecule has 0 saturated carbocycles. The largest absolute Gasteiger partial charge is 0.396 e. The second-order valence-electron chi connectivity index (χ2n) is 4.42. The monoisotopic (exact) mass is 272 g/mol. The van der Waals surface area contributed by atoms with Crippen molar-refractivity contribution in [2.75, 3.05) is 26.9 Å². The Kier molecular flexibility index (Phi) is 6.44. The first-order valence-corrected chi connectivity index (χ1v) is 6.30. The third kappa shape index (κ3) is 4.96. The number of carbonyl (C=O) groups excluding carboxylic acids is 3. The fourth-order valence-corrected chi connectivity index (χ4v) is 1.94. The highest BCUT2D eigenvalue weighted by molar-refractivity contribution is 6.02. The molecule has 108 valence electrons. The van der Waals surface area contributed by atoms with E-state index in [1.54, 1.807) is 0 Å². The van der Waals surface area contributed by atoms with Crippen LogP contribution in [0.25, 0.3) is 0 Å². The Morgan fingerprint density at radius 2 is 2.05 bits per heavy atom. The van der Waals surface area contributed by atoms with Crippen molar-refractivity contribution in [2.24, 2.45) is 0 Å². The van der Waals surface area contributed by atoms with Gasteiger partial charge >= 0.3 is 0 Å². The van der Waals surface area contributed by atoms with Gasteiger partial charge in [-0.15, -0.1) is 0 Å². The molecular formula is C12H20N2O5. The smallest absolute Gasteiger partial charge is 0.229 e. The number of imide groups is 1. The number of nitrogens with zero attached hydrogens (tertiary/aromatic N) is 1. The van der Waals surface area contributed by atoms with Gasteiger partial charge in [0, 0.05) is 39.5 Å². The van der Waals surface area contributed by atoms with E-state index in [1.165, 1.54) is 7.11 Å². The average molecular weight is 272 g/mol. The first kappa shape index (κ1) is 15.6. The Morgan fingerprint density at radius 1 is 1.42 bits per heavy atom. The molecule has 0 radical (unpaired) electrons. The summed E-state index contributed by atoms with van der Waals surface area (Å²) in [6.07, 6.45) is 0.943. The number of aliphatic hydroxyl groups is 1. The van der Waals surface area contributed by atoms with Gasteiger partial charge in [0.1, 0.15) is 0 Å². The summed E-state index contributed by atoms with van der Waals surface area (Å²) >= 11 is 0. The Morgan fingerprint density at radius 3 is 2.58 bits per heavy atom. The number of likely N-dealkylation sites (tertiary alicyclic amines) is 1. The van der Waals surface area contributed by atoms with Crippen LogP contribution in [0, 0.1) is 0 Å². The van der Waals surface area contributed by atoms with Gasteiger partial charge in [-0.1, -0.05) is 0 Å². The number of hydrogen-bond donors (Lipinski definition) is 2. The molecule has 1 rings (SSSR count). The highest BCUT2D eigenvalue weighted by Crippen LogP contribution is 2.11. The summed E-state index contributed by atoms with van der Waals surface area (Å²) in [7, 11) is 1.51. The zero-order chi connectivity index (χ0) is 14.3. The number of amides is 3. The fourth-order valence-electron chi connectivity index (χ4n) is 1.94. The van der Waals surface area contributed by atoms with E-state index < -0.39 is 0 Å². The third-order valence-electron chi connectivity index (χ3n) is 2.93. The van der Waals surface area contributed by atoms with Gasteiger partial charge in [-0.3, -0.25) is 19.3 Å². The quantitative estimate of drug-likeness (QED) is 0.555. The minimum Gasteiger partial charge on any atom is -0.396 e. The van der Waals surface area contributed by atoms with Gasteiger partial charge in [0.05, 0.1) is 12.6 Å². The predicted octanol–water partition coefficient (Wildman–Crippen LogP) is -0.961. The lowest BCUT2D eigenvalue weighted by Crippen LogP contribution is -2.41. The highest BCUT2D eigenvalue weighted by Gasteiger charge is 2.28. The molecule has 0 bridgehead atoms. The maximum Gasteiger partial charge on any atom is 0.229 e. The molecule has 0 aliphatic carbocycles. The first-order chi connectivity index (χ1) is 9.08. The number of nitrogens with one attached hydrogen (secondary N) is 1. The molecule has 7 nitrogen and oxygen atoms in total. The van der Waals surface area contributed by atoms with Gasteiger partial charge in [0.2, 0.25) is 17.7 Å². The van der Waals surface area contributed by atoms with Gasteiger partial charge in [-0.2, -0.15) is 0 Å². The second kappa shape index (κ2) is 7.85. The molecule has 1 fully saturated rings. The Balaban J connectivity index is 2.33. The topological polar surface area (TPSA) is 95.9 Å². The molecule has 19 heavy (non-hydrogen) atoms. The fraction of sp³-hybridized carbons (Fsp3) is 0.750. The van der Waals surface area contributed by atoms with Gasteiger partial charge in [0.15, 0.2) is 0 Å². The summed E-state index contributed by atoms with van der Waals surface area (Å²) in [5, 5.41) is 11.5.